The monoisotopic (exact) mass is 376 g/mol. The second kappa shape index (κ2) is 8.31. The molecule has 0 saturated heterocycles. The Kier molecular flexibility index (Phi) is 5.43. The molecule has 0 saturated carbocycles. The smallest absolute Gasteiger partial charge is 0.255 e. The van der Waals surface area contributed by atoms with Crippen LogP contribution in [0.2, 0.25) is 0 Å². The molecule has 7 nitrogen and oxygen atoms in total. The quantitative estimate of drug-likeness (QED) is 0.732. The minimum atomic E-state index is -0.0243. The van der Waals surface area contributed by atoms with Crippen LogP contribution in [-0.2, 0) is 25.9 Å². The van der Waals surface area contributed by atoms with Gasteiger partial charge in [-0.1, -0.05) is 6.07 Å². The zero-order chi connectivity index (χ0) is 19.3. The highest BCUT2D eigenvalue weighted by molar-refractivity contribution is 5.34. The summed E-state index contributed by atoms with van der Waals surface area (Å²) in [5.74, 6) is 0.607. The van der Waals surface area contributed by atoms with Gasteiger partial charge in [-0.25, -0.2) is 4.98 Å². The average molecular weight is 376 g/mol. The number of hydrogen-bond acceptors (Lipinski definition) is 6. The zero-order valence-corrected chi connectivity index (χ0v) is 16.0. The van der Waals surface area contributed by atoms with Crippen molar-refractivity contribution in [1.29, 1.82) is 0 Å². The number of aromatic nitrogens is 4. The van der Waals surface area contributed by atoms with Crippen molar-refractivity contribution in [2.24, 2.45) is 0 Å². The summed E-state index contributed by atoms with van der Waals surface area (Å²) in [7, 11) is 1.93. The van der Waals surface area contributed by atoms with Crippen molar-refractivity contribution in [2.75, 3.05) is 25.0 Å². The van der Waals surface area contributed by atoms with Crippen molar-refractivity contribution in [1.82, 2.24) is 24.8 Å². The van der Waals surface area contributed by atoms with Crippen LogP contribution in [0.25, 0.3) is 0 Å². The van der Waals surface area contributed by atoms with Crippen molar-refractivity contribution < 1.29 is 0 Å². The normalized spacial score (nSPS) is 14.3. The molecule has 1 aliphatic heterocycles. The van der Waals surface area contributed by atoms with Crippen LogP contribution in [0, 0.1) is 0 Å². The van der Waals surface area contributed by atoms with Crippen LogP contribution in [-0.4, -0.2) is 45.0 Å². The maximum absolute atomic E-state index is 12.7. The van der Waals surface area contributed by atoms with Gasteiger partial charge in [-0.15, -0.1) is 0 Å². The molecule has 28 heavy (non-hydrogen) atoms. The fraction of sp³-hybridized carbons (Fsp3) is 0.333. The molecule has 0 aromatic carbocycles. The van der Waals surface area contributed by atoms with Gasteiger partial charge in [0.05, 0.1) is 5.69 Å². The third-order valence-electron chi connectivity index (χ3n) is 5.09. The molecule has 1 aliphatic rings. The Morgan fingerprint density at radius 1 is 1.07 bits per heavy atom. The number of pyridine rings is 2. The molecule has 3 aromatic heterocycles. The van der Waals surface area contributed by atoms with Crippen LogP contribution in [0.1, 0.15) is 22.4 Å². The van der Waals surface area contributed by atoms with Crippen LogP contribution < -0.4 is 10.5 Å². The second-order valence-electron chi connectivity index (χ2n) is 7.16. The number of anilines is 1. The Morgan fingerprint density at radius 3 is 2.68 bits per heavy atom. The molecule has 4 heterocycles. The maximum Gasteiger partial charge on any atom is 0.255 e. The summed E-state index contributed by atoms with van der Waals surface area (Å²) in [6.07, 6.45) is 8.71. The van der Waals surface area contributed by atoms with E-state index in [9.17, 15) is 4.79 Å². The SMILES string of the molecule is CN(Cc1cccnc1)c1nc2c(c(=O)[nH]1)CCN(Cc1ccncc1)CC2. The number of rotatable bonds is 5. The van der Waals surface area contributed by atoms with E-state index in [-0.39, 0.29) is 5.56 Å². The Hall–Kier alpha value is -3.06. The highest BCUT2D eigenvalue weighted by Crippen LogP contribution is 2.16. The number of fused-ring (bicyclic) bond motifs is 1. The van der Waals surface area contributed by atoms with E-state index in [4.69, 9.17) is 4.98 Å². The lowest BCUT2D eigenvalue weighted by atomic mass is 10.1. The standard InChI is InChI=1S/C21H24N6O/c1-26(14-17-3-2-8-23-13-17)21-24-19-7-12-27(11-6-18(19)20(28)25-21)15-16-4-9-22-10-5-16/h2-5,8-10,13H,6-7,11-12,14-15H2,1H3,(H,24,25,28). The van der Waals surface area contributed by atoms with Crippen LogP contribution in [0.15, 0.2) is 53.8 Å². The Labute approximate surface area is 164 Å². The fourth-order valence-electron chi connectivity index (χ4n) is 3.57. The van der Waals surface area contributed by atoms with Gasteiger partial charge in [-0.05, 0) is 35.7 Å². The number of H-pyrrole nitrogens is 1. The second-order valence-corrected chi connectivity index (χ2v) is 7.16. The molecule has 0 aliphatic carbocycles. The number of nitrogens with one attached hydrogen (secondary N) is 1. The van der Waals surface area contributed by atoms with Crippen LogP contribution in [0.5, 0.6) is 0 Å². The Bertz CT molecular complexity index is 973. The van der Waals surface area contributed by atoms with Gasteiger partial charge in [0.25, 0.3) is 5.56 Å². The Balaban J connectivity index is 1.49. The third-order valence-corrected chi connectivity index (χ3v) is 5.09. The van der Waals surface area contributed by atoms with Gasteiger partial charge >= 0.3 is 0 Å². The van der Waals surface area contributed by atoms with Crippen LogP contribution in [0.3, 0.4) is 0 Å². The highest BCUT2D eigenvalue weighted by Gasteiger charge is 2.19. The minimum absolute atomic E-state index is 0.0243. The average Bonchev–Trinajstić information content (AvgIpc) is 2.92. The van der Waals surface area contributed by atoms with E-state index in [0.29, 0.717) is 12.5 Å². The molecular formula is C21H24N6O. The van der Waals surface area contributed by atoms with Crippen molar-refractivity contribution in [3.05, 3.63) is 81.8 Å². The molecule has 4 rings (SSSR count). The van der Waals surface area contributed by atoms with Crippen LogP contribution >= 0.6 is 0 Å². The van der Waals surface area contributed by atoms with Crippen molar-refractivity contribution >= 4 is 5.95 Å². The maximum atomic E-state index is 12.7. The van der Waals surface area contributed by atoms with Gasteiger partial charge in [0.1, 0.15) is 0 Å². The fourth-order valence-corrected chi connectivity index (χ4v) is 3.57. The summed E-state index contributed by atoms with van der Waals surface area (Å²) in [6, 6.07) is 8.00. The van der Waals surface area contributed by atoms with E-state index in [1.54, 1.807) is 6.20 Å². The van der Waals surface area contributed by atoms with Gasteiger partial charge < -0.3 is 4.90 Å². The predicted molar refractivity (Wildman–Crippen MR) is 108 cm³/mol. The molecule has 0 radical (unpaired) electrons. The van der Waals surface area contributed by atoms with Crippen molar-refractivity contribution in [3.63, 3.8) is 0 Å². The summed E-state index contributed by atoms with van der Waals surface area (Å²) in [5.41, 5.74) is 4.01. The summed E-state index contributed by atoms with van der Waals surface area (Å²) < 4.78 is 0. The molecule has 0 unspecified atom stereocenters. The van der Waals surface area contributed by atoms with Gasteiger partial charge in [0.2, 0.25) is 5.95 Å². The van der Waals surface area contributed by atoms with E-state index in [1.165, 1.54) is 5.56 Å². The van der Waals surface area contributed by atoms with Crippen molar-refractivity contribution in [3.8, 4) is 0 Å². The zero-order valence-electron chi connectivity index (χ0n) is 16.0. The molecule has 0 amide bonds. The summed E-state index contributed by atoms with van der Waals surface area (Å²) in [5, 5.41) is 0. The lowest BCUT2D eigenvalue weighted by molar-refractivity contribution is 0.279. The molecule has 1 N–H and O–H groups in total. The van der Waals surface area contributed by atoms with E-state index in [2.05, 4.69) is 19.9 Å². The predicted octanol–water partition coefficient (Wildman–Crippen LogP) is 1.80. The first-order chi connectivity index (χ1) is 13.7. The number of aromatic amines is 1. The molecular weight excluding hydrogens is 352 g/mol. The molecule has 3 aromatic rings. The summed E-state index contributed by atoms with van der Waals surface area (Å²) >= 11 is 0. The molecule has 144 valence electrons. The van der Waals surface area contributed by atoms with Crippen LogP contribution in [0.4, 0.5) is 5.95 Å². The first-order valence-corrected chi connectivity index (χ1v) is 9.52. The van der Waals surface area contributed by atoms with Gasteiger partial charge in [0.15, 0.2) is 0 Å². The number of nitrogens with zero attached hydrogens (tertiary/aromatic N) is 5. The minimum Gasteiger partial charge on any atom is -0.341 e. The van der Waals surface area contributed by atoms with Gasteiger partial charge in [-0.3, -0.25) is 24.6 Å². The molecule has 0 bridgehead atoms. The summed E-state index contributed by atoms with van der Waals surface area (Å²) in [6.45, 7) is 3.24. The lowest BCUT2D eigenvalue weighted by Crippen LogP contribution is -2.27. The number of hydrogen-bond donors (Lipinski definition) is 1. The van der Waals surface area contributed by atoms with Crippen molar-refractivity contribution in [2.45, 2.75) is 25.9 Å². The first kappa shape index (κ1) is 18.3. The topological polar surface area (TPSA) is 78.0 Å². The van der Waals surface area contributed by atoms with E-state index in [0.717, 1.165) is 49.3 Å². The summed E-state index contributed by atoms with van der Waals surface area (Å²) in [4.78, 5) is 33.0. The van der Waals surface area contributed by atoms with E-state index in [1.807, 2.05) is 54.8 Å². The Morgan fingerprint density at radius 2 is 1.89 bits per heavy atom. The van der Waals surface area contributed by atoms with E-state index >= 15 is 0 Å². The first-order valence-electron chi connectivity index (χ1n) is 9.52. The highest BCUT2D eigenvalue weighted by atomic mass is 16.1. The van der Waals surface area contributed by atoms with Gasteiger partial charge in [-0.2, -0.15) is 0 Å². The van der Waals surface area contributed by atoms with Gasteiger partial charge in [0, 0.05) is 70.0 Å². The molecule has 0 atom stereocenters. The van der Waals surface area contributed by atoms with E-state index < -0.39 is 0 Å². The largest absolute Gasteiger partial charge is 0.341 e. The molecule has 0 fully saturated rings. The third kappa shape index (κ3) is 4.26. The molecule has 0 spiro atoms. The molecule has 7 heteroatoms. The lowest BCUT2D eigenvalue weighted by Gasteiger charge is -2.19.